The molecule has 0 saturated heterocycles. The first kappa shape index (κ1) is 17.0. The summed E-state index contributed by atoms with van der Waals surface area (Å²) in [6, 6.07) is 15.5. The third-order valence-electron chi connectivity index (χ3n) is 3.65. The first-order chi connectivity index (χ1) is 12.6. The van der Waals surface area contributed by atoms with Gasteiger partial charge in [0.15, 0.2) is 11.8 Å². The molecule has 8 nitrogen and oxygen atoms in total. The third-order valence-corrected chi connectivity index (χ3v) is 3.65. The first-order valence-electron chi connectivity index (χ1n) is 7.78. The van der Waals surface area contributed by atoms with Crippen LogP contribution in [0.25, 0.3) is 10.9 Å². The molecule has 0 fully saturated rings. The highest BCUT2D eigenvalue weighted by Gasteiger charge is 2.18. The minimum Gasteiger partial charge on any atom is -0.481 e. The van der Waals surface area contributed by atoms with E-state index in [1.54, 1.807) is 49.4 Å². The van der Waals surface area contributed by atoms with Crippen LogP contribution in [0.2, 0.25) is 0 Å². The van der Waals surface area contributed by atoms with Crippen LogP contribution in [-0.2, 0) is 4.79 Å². The lowest BCUT2D eigenvalue weighted by molar-refractivity contribution is -0.128. The van der Waals surface area contributed by atoms with Crippen molar-refractivity contribution in [3.8, 4) is 11.8 Å². The van der Waals surface area contributed by atoms with E-state index in [4.69, 9.17) is 10.00 Å². The van der Waals surface area contributed by atoms with Crippen LogP contribution < -0.4 is 15.6 Å². The number of hydrazine groups is 1. The van der Waals surface area contributed by atoms with Gasteiger partial charge in [0.2, 0.25) is 0 Å². The second-order valence-electron chi connectivity index (χ2n) is 5.46. The zero-order valence-corrected chi connectivity index (χ0v) is 13.8. The number of H-pyrrole nitrogens is 1. The molecule has 2 amide bonds. The molecule has 0 aliphatic carbocycles. The van der Waals surface area contributed by atoms with Gasteiger partial charge in [-0.3, -0.25) is 25.5 Å². The fourth-order valence-electron chi connectivity index (χ4n) is 2.28. The Hall–Kier alpha value is -3.86. The first-order valence-corrected chi connectivity index (χ1v) is 7.78. The molecule has 2 aromatic carbocycles. The Labute approximate surface area is 148 Å². The molecular weight excluding hydrogens is 334 g/mol. The Morgan fingerprint density at radius 1 is 1.15 bits per heavy atom. The summed E-state index contributed by atoms with van der Waals surface area (Å²) in [5, 5.41) is 16.1. The summed E-state index contributed by atoms with van der Waals surface area (Å²) in [4.78, 5) is 24.3. The van der Waals surface area contributed by atoms with E-state index in [0.717, 1.165) is 5.52 Å². The maximum atomic E-state index is 12.2. The van der Waals surface area contributed by atoms with Crippen LogP contribution in [0.4, 0.5) is 0 Å². The van der Waals surface area contributed by atoms with E-state index in [2.05, 4.69) is 21.0 Å². The number of rotatable bonds is 4. The molecule has 0 spiro atoms. The van der Waals surface area contributed by atoms with Crippen LogP contribution in [0.3, 0.4) is 0 Å². The third kappa shape index (κ3) is 3.62. The van der Waals surface area contributed by atoms with Crippen LogP contribution in [0.15, 0.2) is 48.5 Å². The molecule has 0 radical (unpaired) electrons. The molecule has 1 aromatic heterocycles. The standard InChI is InChI=1S/C18H15N5O3/c1-11(26-13-8-6-12(10-19)7-9-13)17(24)22-23-18(25)16-14-4-2-3-5-15(14)20-21-16/h2-9,11H,1H3,(H,20,21)(H,22,24)(H,23,25)/t11-/m1/s1. The fourth-order valence-corrected chi connectivity index (χ4v) is 2.28. The van der Waals surface area contributed by atoms with E-state index in [-0.39, 0.29) is 5.69 Å². The number of carbonyl (C=O) groups is 2. The SMILES string of the molecule is C[C@@H](Oc1ccc(C#N)cc1)C(=O)NNC(=O)c1n[nH]c2ccccc12. The number of carbonyl (C=O) groups excluding carboxylic acids is 2. The van der Waals surface area contributed by atoms with Gasteiger partial charge in [-0.15, -0.1) is 0 Å². The average molecular weight is 349 g/mol. The number of nitrogens with one attached hydrogen (secondary N) is 3. The zero-order valence-electron chi connectivity index (χ0n) is 13.8. The number of para-hydroxylation sites is 1. The van der Waals surface area contributed by atoms with Crippen molar-refractivity contribution in [3.05, 3.63) is 59.8 Å². The van der Waals surface area contributed by atoms with Crippen molar-refractivity contribution < 1.29 is 14.3 Å². The molecule has 0 saturated carbocycles. The largest absolute Gasteiger partial charge is 0.481 e. The van der Waals surface area contributed by atoms with Crippen molar-refractivity contribution in [1.82, 2.24) is 21.0 Å². The van der Waals surface area contributed by atoms with Crippen LogP contribution >= 0.6 is 0 Å². The molecule has 1 heterocycles. The summed E-state index contributed by atoms with van der Waals surface area (Å²) in [5.74, 6) is -0.625. The summed E-state index contributed by atoms with van der Waals surface area (Å²) >= 11 is 0. The molecule has 8 heteroatoms. The van der Waals surface area contributed by atoms with Gasteiger partial charge in [0, 0.05) is 5.39 Å². The maximum Gasteiger partial charge on any atom is 0.290 e. The van der Waals surface area contributed by atoms with Crippen molar-refractivity contribution in [2.24, 2.45) is 0 Å². The molecule has 130 valence electrons. The van der Waals surface area contributed by atoms with E-state index >= 15 is 0 Å². The van der Waals surface area contributed by atoms with Gasteiger partial charge in [0.25, 0.3) is 11.8 Å². The van der Waals surface area contributed by atoms with Gasteiger partial charge in [0.1, 0.15) is 5.75 Å². The van der Waals surface area contributed by atoms with E-state index in [1.807, 2.05) is 12.1 Å². The summed E-state index contributed by atoms with van der Waals surface area (Å²) in [6.07, 6.45) is -0.848. The van der Waals surface area contributed by atoms with E-state index in [9.17, 15) is 9.59 Å². The Morgan fingerprint density at radius 2 is 1.88 bits per heavy atom. The van der Waals surface area contributed by atoms with E-state index in [0.29, 0.717) is 16.7 Å². The number of aromatic amines is 1. The Morgan fingerprint density at radius 3 is 2.62 bits per heavy atom. The topological polar surface area (TPSA) is 120 Å². The van der Waals surface area contributed by atoms with Crippen LogP contribution in [0.1, 0.15) is 23.0 Å². The van der Waals surface area contributed by atoms with Crippen molar-refractivity contribution in [3.63, 3.8) is 0 Å². The number of ether oxygens (including phenoxy) is 1. The zero-order chi connectivity index (χ0) is 18.5. The molecule has 3 N–H and O–H groups in total. The Bertz CT molecular complexity index is 988. The van der Waals surface area contributed by atoms with E-state index < -0.39 is 17.9 Å². The number of fused-ring (bicyclic) bond motifs is 1. The Balaban J connectivity index is 1.57. The van der Waals surface area contributed by atoms with Gasteiger partial charge in [-0.1, -0.05) is 18.2 Å². The molecular formula is C18H15N5O3. The molecule has 0 bridgehead atoms. The Kier molecular flexibility index (Phi) is 4.80. The van der Waals surface area contributed by atoms with Crippen molar-refractivity contribution in [2.45, 2.75) is 13.0 Å². The number of nitriles is 1. The van der Waals surface area contributed by atoms with Crippen LogP contribution in [0, 0.1) is 11.3 Å². The van der Waals surface area contributed by atoms with Crippen molar-refractivity contribution >= 4 is 22.7 Å². The number of nitrogens with zero attached hydrogens (tertiary/aromatic N) is 2. The molecule has 3 rings (SSSR count). The minimum absolute atomic E-state index is 0.182. The summed E-state index contributed by atoms with van der Waals surface area (Å²) < 4.78 is 5.47. The van der Waals surface area contributed by atoms with Crippen LogP contribution in [0.5, 0.6) is 5.75 Å². The maximum absolute atomic E-state index is 12.2. The molecule has 0 aliphatic rings. The average Bonchev–Trinajstić information content (AvgIpc) is 3.10. The van der Waals surface area contributed by atoms with Crippen molar-refractivity contribution in [2.75, 3.05) is 0 Å². The summed E-state index contributed by atoms with van der Waals surface area (Å²) in [6.45, 7) is 1.55. The van der Waals surface area contributed by atoms with Gasteiger partial charge < -0.3 is 4.74 Å². The second-order valence-corrected chi connectivity index (χ2v) is 5.46. The van der Waals surface area contributed by atoms with Gasteiger partial charge in [0.05, 0.1) is 17.1 Å². The number of benzene rings is 2. The van der Waals surface area contributed by atoms with Crippen LogP contribution in [-0.4, -0.2) is 28.1 Å². The minimum atomic E-state index is -0.848. The second kappa shape index (κ2) is 7.36. The number of aromatic nitrogens is 2. The molecule has 26 heavy (non-hydrogen) atoms. The molecule has 3 aromatic rings. The predicted octanol–water partition coefficient (Wildman–Crippen LogP) is 1.66. The fraction of sp³-hybridized carbons (Fsp3) is 0.111. The normalized spacial score (nSPS) is 11.4. The number of hydrogen-bond acceptors (Lipinski definition) is 5. The lowest BCUT2D eigenvalue weighted by Crippen LogP contribution is -2.47. The van der Waals surface area contributed by atoms with Gasteiger partial charge in [-0.05, 0) is 37.3 Å². The summed E-state index contributed by atoms with van der Waals surface area (Å²) in [5.41, 5.74) is 6.03. The summed E-state index contributed by atoms with van der Waals surface area (Å²) in [7, 11) is 0. The monoisotopic (exact) mass is 349 g/mol. The highest BCUT2D eigenvalue weighted by molar-refractivity contribution is 6.05. The van der Waals surface area contributed by atoms with Gasteiger partial charge in [-0.2, -0.15) is 10.4 Å². The van der Waals surface area contributed by atoms with Crippen molar-refractivity contribution in [1.29, 1.82) is 5.26 Å². The van der Waals surface area contributed by atoms with Gasteiger partial charge >= 0.3 is 0 Å². The predicted molar refractivity (Wildman–Crippen MR) is 92.9 cm³/mol. The van der Waals surface area contributed by atoms with E-state index in [1.165, 1.54) is 0 Å². The lowest BCUT2D eigenvalue weighted by atomic mass is 10.2. The smallest absolute Gasteiger partial charge is 0.290 e. The van der Waals surface area contributed by atoms with Gasteiger partial charge in [-0.25, -0.2) is 0 Å². The molecule has 1 atom stereocenters. The highest BCUT2D eigenvalue weighted by atomic mass is 16.5. The molecule has 0 aliphatic heterocycles. The number of hydrogen-bond donors (Lipinski definition) is 3. The molecule has 0 unspecified atom stereocenters. The number of amides is 2. The quantitative estimate of drug-likeness (QED) is 0.619. The lowest BCUT2D eigenvalue weighted by Gasteiger charge is -2.14. The highest BCUT2D eigenvalue weighted by Crippen LogP contribution is 2.15.